The van der Waals surface area contributed by atoms with E-state index in [1.807, 2.05) is 0 Å². The molecule has 0 saturated heterocycles. The zero-order valence-electron chi connectivity index (χ0n) is 19.1. The highest BCUT2D eigenvalue weighted by Gasteiger charge is 2.10. The fourth-order valence-corrected chi connectivity index (χ4v) is 4.87. The summed E-state index contributed by atoms with van der Waals surface area (Å²) in [5, 5.41) is 26.3. The number of aliphatic hydroxyl groups excluding tert-OH is 2. The first-order valence-corrected chi connectivity index (χ1v) is 12.3. The zero-order chi connectivity index (χ0) is 22.2. The minimum atomic E-state index is -0.739. The fourth-order valence-electron chi connectivity index (χ4n) is 4.87. The van der Waals surface area contributed by atoms with Crippen molar-refractivity contribution >= 4 is 32.3 Å². The van der Waals surface area contributed by atoms with Crippen molar-refractivity contribution in [2.24, 2.45) is 0 Å². The second-order valence-electron chi connectivity index (χ2n) is 9.07. The number of rotatable bonds is 14. The van der Waals surface area contributed by atoms with Crippen molar-refractivity contribution in [3.8, 4) is 0 Å². The quantitative estimate of drug-likeness (QED) is 0.174. The third-order valence-electron chi connectivity index (χ3n) is 6.62. The molecule has 0 amide bonds. The van der Waals surface area contributed by atoms with Gasteiger partial charge in [-0.1, -0.05) is 93.1 Å². The van der Waals surface area contributed by atoms with Crippen LogP contribution in [-0.2, 0) is 11.2 Å². The molecule has 0 aliphatic heterocycles. The minimum absolute atomic E-state index is 0.225. The van der Waals surface area contributed by atoms with E-state index >= 15 is 0 Å². The molecule has 0 aliphatic rings. The predicted octanol–water partition coefficient (Wildman–Crippen LogP) is 6.62. The molecular weight excluding hydrogens is 396 g/mol. The predicted molar refractivity (Wildman–Crippen MR) is 135 cm³/mol. The van der Waals surface area contributed by atoms with Gasteiger partial charge in [0.25, 0.3) is 0 Å². The number of ether oxygens (including phenoxy) is 1. The van der Waals surface area contributed by atoms with Gasteiger partial charge in [0.15, 0.2) is 0 Å². The van der Waals surface area contributed by atoms with Gasteiger partial charge < -0.3 is 14.9 Å². The second-order valence-corrected chi connectivity index (χ2v) is 9.07. The van der Waals surface area contributed by atoms with Crippen LogP contribution in [0.2, 0.25) is 0 Å². The number of unbranched alkanes of at least 4 members (excludes halogenated alkanes) is 7. The van der Waals surface area contributed by atoms with Gasteiger partial charge in [-0.25, -0.2) is 0 Å². The lowest BCUT2D eigenvalue weighted by atomic mass is 9.90. The third kappa shape index (κ3) is 5.58. The number of aryl methyl sites for hydroxylation is 1. The summed E-state index contributed by atoms with van der Waals surface area (Å²) in [4.78, 5) is 0. The molecule has 4 aromatic rings. The lowest BCUT2D eigenvalue weighted by molar-refractivity contribution is 0.00526. The Morgan fingerprint density at radius 2 is 1.25 bits per heavy atom. The first kappa shape index (κ1) is 23.0. The monoisotopic (exact) mass is 432 g/mol. The van der Waals surface area contributed by atoms with Gasteiger partial charge in [-0.3, -0.25) is 0 Å². The second kappa shape index (κ2) is 11.6. The lowest BCUT2D eigenvalue weighted by Crippen LogP contribution is -2.19. The average molecular weight is 433 g/mol. The molecule has 32 heavy (non-hydrogen) atoms. The Morgan fingerprint density at radius 1 is 0.656 bits per heavy atom. The van der Waals surface area contributed by atoms with Crippen LogP contribution in [0.1, 0.15) is 56.9 Å². The highest BCUT2D eigenvalue weighted by Crippen LogP contribution is 2.36. The van der Waals surface area contributed by atoms with E-state index < -0.39 is 6.10 Å². The molecule has 4 rings (SSSR count). The highest BCUT2D eigenvalue weighted by molar-refractivity contribution is 6.23. The SMILES string of the molecule is OC[C@H](O)COCCCCCCCCCCc1ccc2ccc3cccc4ccc1c2c34. The molecule has 1 atom stereocenters. The van der Waals surface area contributed by atoms with Crippen LogP contribution in [0.25, 0.3) is 32.3 Å². The van der Waals surface area contributed by atoms with Crippen molar-refractivity contribution in [1.82, 2.24) is 0 Å². The first-order valence-electron chi connectivity index (χ1n) is 12.3. The van der Waals surface area contributed by atoms with E-state index in [9.17, 15) is 5.11 Å². The van der Waals surface area contributed by atoms with E-state index in [1.54, 1.807) is 0 Å². The zero-order valence-corrected chi connectivity index (χ0v) is 19.1. The van der Waals surface area contributed by atoms with Gasteiger partial charge in [-0.05, 0) is 57.1 Å². The fraction of sp³-hybridized carbons (Fsp3) is 0.448. The molecule has 4 aromatic carbocycles. The van der Waals surface area contributed by atoms with Crippen molar-refractivity contribution in [1.29, 1.82) is 0 Å². The molecule has 3 nitrogen and oxygen atoms in total. The van der Waals surface area contributed by atoms with E-state index in [4.69, 9.17) is 9.84 Å². The third-order valence-corrected chi connectivity index (χ3v) is 6.62. The van der Waals surface area contributed by atoms with Gasteiger partial charge in [0, 0.05) is 6.61 Å². The Morgan fingerprint density at radius 3 is 1.97 bits per heavy atom. The molecule has 0 fully saturated rings. The van der Waals surface area contributed by atoms with Crippen molar-refractivity contribution in [2.45, 2.75) is 63.9 Å². The van der Waals surface area contributed by atoms with Gasteiger partial charge in [-0.2, -0.15) is 0 Å². The topological polar surface area (TPSA) is 49.7 Å². The largest absolute Gasteiger partial charge is 0.394 e. The Kier molecular flexibility index (Phi) is 8.33. The van der Waals surface area contributed by atoms with E-state index in [1.165, 1.54) is 82.8 Å². The maximum absolute atomic E-state index is 9.22. The molecule has 0 radical (unpaired) electrons. The van der Waals surface area contributed by atoms with Crippen LogP contribution >= 0.6 is 0 Å². The van der Waals surface area contributed by atoms with Crippen LogP contribution in [0.4, 0.5) is 0 Å². The van der Waals surface area contributed by atoms with Gasteiger partial charge in [0.2, 0.25) is 0 Å². The van der Waals surface area contributed by atoms with Gasteiger partial charge in [0.1, 0.15) is 6.10 Å². The number of hydrogen-bond donors (Lipinski definition) is 2. The summed E-state index contributed by atoms with van der Waals surface area (Å²) < 4.78 is 5.35. The van der Waals surface area contributed by atoms with Gasteiger partial charge in [-0.15, -0.1) is 0 Å². The van der Waals surface area contributed by atoms with Crippen LogP contribution < -0.4 is 0 Å². The molecular formula is C29H36O3. The summed E-state index contributed by atoms with van der Waals surface area (Å²) in [7, 11) is 0. The first-order chi connectivity index (χ1) is 15.8. The number of hydrogen-bond acceptors (Lipinski definition) is 3. The molecule has 0 unspecified atom stereocenters. The smallest absolute Gasteiger partial charge is 0.100 e. The standard InChI is InChI=1S/C29H36O3/c30-20-26(31)21-32-19-8-6-4-2-1-3-5-7-10-22-13-14-25-16-15-23-11-9-12-24-17-18-27(22)29(25)28(23)24/h9,11-18,26,30-31H,1-8,10,19-21H2/t26-/m0/s1. The molecule has 0 spiro atoms. The Hall–Kier alpha value is -2.20. The maximum Gasteiger partial charge on any atom is 0.100 e. The molecule has 3 heteroatoms. The maximum atomic E-state index is 9.22. The van der Waals surface area contributed by atoms with E-state index in [2.05, 4.69) is 54.6 Å². The van der Waals surface area contributed by atoms with Crippen LogP contribution in [0.5, 0.6) is 0 Å². The van der Waals surface area contributed by atoms with Crippen molar-refractivity contribution in [3.05, 3.63) is 60.2 Å². The van der Waals surface area contributed by atoms with Crippen molar-refractivity contribution < 1.29 is 14.9 Å². The van der Waals surface area contributed by atoms with Crippen molar-refractivity contribution in [3.63, 3.8) is 0 Å². The lowest BCUT2D eigenvalue weighted by Gasteiger charge is -2.14. The summed E-state index contributed by atoms with van der Waals surface area (Å²) >= 11 is 0. The molecule has 0 aromatic heterocycles. The van der Waals surface area contributed by atoms with Crippen LogP contribution in [0, 0.1) is 0 Å². The molecule has 0 heterocycles. The Balaban J connectivity index is 1.18. The molecule has 170 valence electrons. The van der Waals surface area contributed by atoms with Gasteiger partial charge >= 0.3 is 0 Å². The molecule has 0 aliphatic carbocycles. The van der Waals surface area contributed by atoms with E-state index in [-0.39, 0.29) is 13.2 Å². The van der Waals surface area contributed by atoms with Crippen LogP contribution in [-0.4, -0.2) is 36.1 Å². The molecule has 0 bridgehead atoms. The minimum Gasteiger partial charge on any atom is -0.394 e. The van der Waals surface area contributed by atoms with E-state index in [0.717, 1.165) is 12.8 Å². The van der Waals surface area contributed by atoms with Crippen molar-refractivity contribution in [2.75, 3.05) is 19.8 Å². The molecule has 0 saturated carbocycles. The summed E-state index contributed by atoms with van der Waals surface area (Å²) in [6, 6.07) is 20.4. The van der Waals surface area contributed by atoms with Crippen LogP contribution in [0.3, 0.4) is 0 Å². The Bertz CT molecular complexity index is 1090. The summed E-state index contributed by atoms with van der Waals surface area (Å²) in [6.07, 6.45) is 10.3. The number of benzene rings is 4. The normalized spacial score (nSPS) is 12.9. The average Bonchev–Trinajstić information content (AvgIpc) is 2.83. The molecule has 2 N–H and O–H groups in total. The summed E-state index contributed by atoms with van der Waals surface area (Å²) in [5.74, 6) is 0. The summed E-state index contributed by atoms with van der Waals surface area (Å²) in [6.45, 7) is 0.690. The van der Waals surface area contributed by atoms with Gasteiger partial charge in [0.05, 0.1) is 13.2 Å². The number of aliphatic hydroxyl groups is 2. The Labute approximate surface area is 191 Å². The highest BCUT2D eigenvalue weighted by atomic mass is 16.5. The summed E-state index contributed by atoms with van der Waals surface area (Å²) in [5.41, 5.74) is 1.49. The van der Waals surface area contributed by atoms with E-state index in [0.29, 0.717) is 6.61 Å². The van der Waals surface area contributed by atoms with Crippen LogP contribution in [0.15, 0.2) is 54.6 Å².